The Labute approximate surface area is 152 Å². The van der Waals surface area contributed by atoms with Crippen molar-refractivity contribution < 1.29 is 4.79 Å². The number of hydrogen-bond donors (Lipinski definition) is 2. The van der Waals surface area contributed by atoms with Crippen LogP contribution < -0.4 is 10.6 Å². The van der Waals surface area contributed by atoms with Gasteiger partial charge in [0.15, 0.2) is 0 Å². The van der Waals surface area contributed by atoms with Gasteiger partial charge in [0.25, 0.3) is 0 Å². The number of carbonyl (C=O) groups excluding carboxylic acids is 1. The van der Waals surface area contributed by atoms with Gasteiger partial charge in [-0.1, -0.05) is 30.3 Å². The largest absolute Gasteiger partial charge is 0.355 e. The van der Waals surface area contributed by atoms with E-state index in [1.54, 1.807) is 0 Å². The van der Waals surface area contributed by atoms with E-state index in [9.17, 15) is 4.79 Å². The first-order valence-electron chi connectivity index (χ1n) is 7.99. The highest BCUT2D eigenvalue weighted by Gasteiger charge is 2.24. The average molecular weight is 362 g/mol. The molecule has 1 aliphatic heterocycles. The molecule has 2 rings (SSSR count). The Hall–Kier alpha value is -0.810. The van der Waals surface area contributed by atoms with Crippen LogP contribution in [0.3, 0.4) is 0 Å². The lowest BCUT2D eigenvalue weighted by Gasteiger charge is -2.24. The summed E-state index contributed by atoms with van der Waals surface area (Å²) in [5.74, 6) is 0.178. The lowest BCUT2D eigenvalue weighted by Crippen LogP contribution is -2.39. The second-order valence-corrected chi connectivity index (χ2v) is 5.76. The summed E-state index contributed by atoms with van der Waals surface area (Å²) in [6.07, 6.45) is 3.93. The van der Waals surface area contributed by atoms with E-state index in [0.29, 0.717) is 12.5 Å². The Bertz CT molecular complexity index is 431. The van der Waals surface area contributed by atoms with E-state index in [-0.39, 0.29) is 30.7 Å². The van der Waals surface area contributed by atoms with Crippen LogP contribution in [0.2, 0.25) is 0 Å². The number of nitrogens with zero attached hydrogens (tertiary/aromatic N) is 1. The van der Waals surface area contributed by atoms with Crippen molar-refractivity contribution in [3.05, 3.63) is 35.9 Å². The lowest BCUT2D eigenvalue weighted by molar-refractivity contribution is -0.121. The van der Waals surface area contributed by atoms with Gasteiger partial charge in [0.05, 0.1) is 0 Å². The summed E-state index contributed by atoms with van der Waals surface area (Å²) in [6.45, 7) is 3.80. The molecule has 132 valence electrons. The number of nitrogens with one attached hydrogen (secondary N) is 2. The fourth-order valence-electron chi connectivity index (χ4n) is 2.90. The number of rotatable bonds is 8. The standard InChI is InChI=1S/C17H27N3O.2ClH/c1-18-11-5-10-17(21)19-13-16-9-6-12-20(16)14-15-7-3-2-4-8-15;;/h2-4,7-8,16,18H,5-6,9-14H2,1H3,(H,19,21);2*1H. The summed E-state index contributed by atoms with van der Waals surface area (Å²) in [6, 6.07) is 11.1. The number of benzene rings is 1. The van der Waals surface area contributed by atoms with Crippen molar-refractivity contribution in [2.75, 3.05) is 26.7 Å². The van der Waals surface area contributed by atoms with Gasteiger partial charge < -0.3 is 10.6 Å². The first-order chi connectivity index (χ1) is 10.3. The third kappa shape index (κ3) is 8.02. The highest BCUT2D eigenvalue weighted by atomic mass is 35.5. The molecule has 1 heterocycles. The monoisotopic (exact) mass is 361 g/mol. The first-order valence-corrected chi connectivity index (χ1v) is 7.99. The minimum absolute atomic E-state index is 0. The number of hydrogen-bond acceptors (Lipinski definition) is 3. The van der Waals surface area contributed by atoms with E-state index in [0.717, 1.165) is 32.6 Å². The van der Waals surface area contributed by atoms with Crippen molar-refractivity contribution in [3.63, 3.8) is 0 Å². The summed E-state index contributed by atoms with van der Waals surface area (Å²) in [4.78, 5) is 14.3. The van der Waals surface area contributed by atoms with Crippen LogP contribution in [-0.4, -0.2) is 43.5 Å². The molecule has 2 N–H and O–H groups in total. The van der Waals surface area contributed by atoms with Gasteiger partial charge in [0.2, 0.25) is 5.91 Å². The molecule has 0 aromatic heterocycles. The Morgan fingerprint density at radius 2 is 2.00 bits per heavy atom. The second kappa shape index (κ2) is 12.6. The molecule has 23 heavy (non-hydrogen) atoms. The molecular weight excluding hydrogens is 333 g/mol. The third-order valence-electron chi connectivity index (χ3n) is 4.09. The molecule has 1 atom stereocenters. The van der Waals surface area contributed by atoms with Crippen molar-refractivity contribution in [1.29, 1.82) is 0 Å². The Morgan fingerprint density at radius 1 is 1.26 bits per heavy atom. The van der Waals surface area contributed by atoms with Gasteiger partial charge in [-0.25, -0.2) is 0 Å². The Kier molecular flexibility index (Phi) is 12.1. The Balaban J connectivity index is 0.00000242. The molecule has 1 fully saturated rings. The fraction of sp³-hybridized carbons (Fsp3) is 0.588. The minimum Gasteiger partial charge on any atom is -0.355 e. The maximum atomic E-state index is 11.8. The van der Waals surface area contributed by atoms with E-state index >= 15 is 0 Å². The van der Waals surface area contributed by atoms with E-state index in [1.807, 2.05) is 7.05 Å². The molecule has 0 bridgehead atoms. The average Bonchev–Trinajstić information content (AvgIpc) is 2.94. The van der Waals surface area contributed by atoms with Crippen molar-refractivity contribution in [1.82, 2.24) is 15.5 Å². The van der Waals surface area contributed by atoms with Gasteiger partial charge in [-0.15, -0.1) is 24.8 Å². The lowest BCUT2D eigenvalue weighted by atomic mass is 10.1. The van der Waals surface area contributed by atoms with E-state index in [4.69, 9.17) is 0 Å². The molecule has 1 saturated heterocycles. The number of carbonyl (C=O) groups is 1. The number of halogens is 2. The quantitative estimate of drug-likeness (QED) is 0.699. The van der Waals surface area contributed by atoms with Crippen LogP contribution in [0.25, 0.3) is 0 Å². The predicted molar refractivity (Wildman–Crippen MR) is 101 cm³/mol. The molecule has 0 aliphatic carbocycles. The topological polar surface area (TPSA) is 44.4 Å². The second-order valence-electron chi connectivity index (χ2n) is 5.76. The van der Waals surface area contributed by atoms with E-state index < -0.39 is 0 Å². The van der Waals surface area contributed by atoms with Crippen molar-refractivity contribution in [3.8, 4) is 0 Å². The SMILES string of the molecule is CNCCCC(=O)NCC1CCCN1Cc1ccccc1.Cl.Cl. The van der Waals surface area contributed by atoms with Gasteiger partial charge in [-0.2, -0.15) is 0 Å². The zero-order valence-electron chi connectivity index (χ0n) is 13.8. The zero-order valence-corrected chi connectivity index (χ0v) is 15.4. The molecule has 0 saturated carbocycles. The molecule has 1 amide bonds. The normalized spacial score (nSPS) is 17.2. The summed E-state index contributed by atoms with van der Waals surface area (Å²) in [5, 5.41) is 6.16. The van der Waals surface area contributed by atoms with Gasteiger partial charge in [0.1, 0.15) is 0 Å². The van der Waals surface area contributed by atoms with Gasteiger partial charge in [0, 0.05) is 25.6 Å². The van der Waals surface area contributed by atoms with Gasteiger partial charge >= 0.3 is 0 Å². The summed E-state index contributed by atoms with van der Waals surface area (Å²) in [5.41, 5.74) is 1.35. The maximum Gasteiger partial charge on any atom is 0.220 e. The molecule has 1 aromatic rings. The van der Waals surface area contributed by atoms with E-state index in [1.165, 1.54) is 18.4 Å². The van der Waals surface area contributed by atoms with Gasteiger partial charge in [-0.05, 0) is 45.0 Å². The highest BCUT2D eigenvalue weighted by molar-refractivity contribution is 5.85. The fourth-order valence-corrected chi connectivity index (χ4v) is 2.90. The first kappa shape index (κ1) is 22.2. The van der Waals surface area contributed by atoms with Crippen LogP contribution in [0.1, 0.15) is 31.2 Å². The highest BCUT2D eigenvalue weighted by Crippen LogP contribution is 2.19. The molecule has 1 aliphatic rings. The summed E-state index contributed by atoms with van der Waals surface area (Å²) < 4.78 is 0. The van der Waals surface area contributed by atoms with Crippen LogP contribution in [-0.2, 0) is 11.3 Å². The maximum absolute atomic E-state index is 11.8. The number of likely N-dealkylation sites (tertiary alicyclic amines) is 1. The van der Waals surface area contributed by atoms with Crippen molar-refractivity contribution >= 4 is 30.7 Å². The van der Waals surface area contributed by atoms with Crippen LogP contribution >= 0.6 is 24.8 Å². The molecule has 1 unspecified atom stereocenters. The molecule has 0 radical (unpaired) electrons. The zero-order chi connectivity index (χ0) is 14.9. The predicted octanol–water partition coefficient (Wildman–Crippen LogP) is 2.61. The summed E-state index contributed by atoms with van der Waals surface area (Å²) >= 11 is 0. The molecular formula is C17H29Cl2N3O. The minimum atomic E-state index is 0. The van der Waals surface area contributed by atoms with Crippen LogP contribution in [0.15, 0.2) is 30.3 Å². The molecule has 6 heteroatoms. The Morgan fingerprint density at radius 3 is 2.70 bits per heavy atom. The van der Waals surface area contributed by atoms with E-state index in [2.05, 4.69) is 45.9 Å². The van der Waals surface area contributed by atoms with Crippen molar-refractivity contribution in [2.45, 2.75) is 38.3 Å². The third-order valence-corrected chi connectivity index (χ3v) is 4.09. The van der Waals surface area contributed by atoms with Crippen LogP contribution in [0, 0.1) is 0 Å². The number of amides is 1. The summed E-state index contributed by atoms with van der Waals surface area (Å²) in [7, 11) is 1.91. The molecule has 0 spiro atoms. The molecule has 1 aromatic carbocycles. The smallest absolute Gasteiger partial charge is 0.220 e. The van der Waals surface area contributed by atoms with Crippen molar-refractivity contribution in [2.24, 2.45) is 0 Å². The molecule has 4 nitrogen and oxygen atoms in total. The van der Waals surface area contributed by atoms with Gasteiger partial charge in [-0.3, -0.25) is 9.69 Å². The van der Waals surface area contributed by atoms with Crippen LogP contribution in [0.4, 0.5) is 0 Å². The van der Waals surface area contributed by atoms with Crippen LogP contribution in [0.5, 0.6) is 0 Å².